The SMILES string of the molecule is CCCCCCC(C)NC(=NCc1ccc(C(=O)N(C)C)cc1)NCC.I. The molecular weight excluding hydrogens is 451 g/mol. The molecule has 1 amide bonds. The van der Waals surface area contributed by atoms with Crippen LogP contribution in [0.4, 0.5) is 0 Å². The van der Waals surface area contributed by atoms with Crippen molar-refractivity contribution in [1.29, 1.82) is 0 Å². The van der Waals surface area contributed by atoms with Crippen molar-refractivity contribution in [2.45, 2.75) is 65.5 Å². The van der Waals surface area contributed by atoms with Gasteiger partial charge in [0, 0.05) is 32.2 Å². The number of unbranched alkanes of at least 4 members (excludes halogenated alkanes) is 3. The molecule has 27 heavy (non-hydrogen) atoms. The van der Waals surface area contributed by atoms with E-state index in [1.165, 1.54) is 25.7 Å². The van der Waals surface area contributed by atoms with E-state index >= 15 is 0 Å². The van der Waals surface area contributed by atoms with Crippen LogP contribution < -0.4 is 10.6 Å². The van der Waals surface area contributed by atoms with Gasteiger partial charge in [-0.2, -0.15) is 0 Å². The summed E-state index contributed by atoms with van der Waals surface area (Å²) in [5, 5.41) is 6.80. The largest absolute Gasteiger partial charge is 0.357 e. The van der Waals surface area contributed by atoms with Gasteiger partial charge in [0.15, 0.2) is 5.96 Å². The molecular formula is C21H37IN4O. The van der Waals surface area contributed by atoms with Crippen LogP contribution in [0.1, 0.15) is 68.8 Å². The number of halogens is 1. The normalized spacial score (nSPS) is 12.1. The summed E-state index contributed by atoms with van der Waals surface area (Å²) in [6, 6.07) is 8.08. The summed E-state index contributed by atoms with van der Waals surface area (Å²) in [4.78, 5) is 18.2. The second kappa shape index (κ2) is 14.7. The first kappa shape index (κ1) is 25.7. The fourth-order valence-electron chi connectivity index (χ4n) is 2.68. The molecule has 1 unspecified atom stereocenters. The fourth-order valence-corrected chi connectivity index (χ4v) is 2.68. The van der Waals surface area contributed by atoms with Crippen LogP contribution in [0.5, 0.6) is 0 Å². The summed E-state index contributed by atoms with van der Waals surface area (Å²) >= 11 is 0. The van der Waals surface area contributed by atoms with E-state index in [0.717, 1.165) is 24.5 Å². The Labute approximate surface area is 182 Å². The molecule has 1 atom stereocenters. The summed E-state index contributed by atoms with van der Waals surface area (Å²) in [6.45, 7) is 7.95. The number of rotatable bonds is 10. The first-order valence-corrected chi connectivity index (χ1v) is 9.83. The fraction of sp³-hybridized carbons (Fsp3) is 0.619. The van der Waals surface area contributed by atoms with Gasteiger partial charge in [0.25, 0.3) is 5.91 Å². The molecule has 0 bridgehead atoms. The number of hydrogen-bond acceptors (Lipinski definition) is 2. The Morgan fingerprint density at radius 3 is 2.33 bits per heavy atom. The van der Waals surface area contributed by atoms with E-state index in [4.69, 9.17) is 0 Å². The first-order chi connectivity index (χ1) is 12.5. The molecule has 0 heterocycles. The van der Waals surface area contributed by atoms with E-state index < -0.39 is 0 Å². The lowest BCUT2D eigenvalue weighted by molar-refractivity contribution is 0.0827. The van der Waals surface area contributed by atoms with Crippen molar-refractivity contribution < 1.29 is 4.79 Å². The molecule has 0 aliphatic carbocycles. The average Bonchev–Trinajstić information content (AvgIpc) is 2.63. The lowest BCUT2D eigenvalue weighted by Gasteiger charge is -2.18. The third-order valence-corrected chi connectivity index (χ3v) is 4.24. The maximum Gasteiger partial charge on any atom is 0.253 e. The van der Waals surface area contributed by atoms with Crippen molar-refractivity contribution in [2.24, 2.45) is 4.99 Å². The van der Waals surface area contributed by atoms with Gasteiger partial charge in [0.2, 0.25) is 0 Å². The van der Waals surface area contributed by atoms with E-state index in [0.29, 0.717) is 18.2 Å². The number of benzene rings is 1. The van der Waals surface area contributed by atoms with Crippen LogP contribution >= 0.6 is 24.0 Å². The van der Waals surface area contributed by atoms with Crippen molar-refractivity contribution in [3.63, 3.8) is 0 Å². The van der Waals surface area contributed by atoms with Crippen LogP contribution in [0.25, 0.3) is 0 Å². The predicted molar refractivity (Wildman–Crippen MR) is 126 cm³/mol. The van der Waals surface area contributed by atoms with Crippen LogP contribution in [0.2, 0.25) is 0 Å². The Morgan fingerprint density at radius 2 is 1.78 bits per heavy atom. The highest BCUT2D eigenvalue weighted by Gasteiger charge is 2.08. The highest BCUT2D eigenvalue weighted by molar-refractivity contribution is 14.0. The second-order valence-corrected chi connectivity index (χ2v) is 6.99. The first-order valence-electron chi connectivity index (χ1n) is 9.83. The maximum absolute atomic E-state index is 11.9. The van der Waals surface area contributed by atoms with Crippen LogP contribution in [-0.2, 0) is 6.54 Å². The van der Waals surface area contributed by atoms with E-state index in [-0.39, 0.29) is 29.9 Å². The topological polar surface area (TPSA) is 56.7 Å². The van der Waals surface area contributed by atoms with E-state index in [9.17, 15) is 4.79 Å². The van der Waals surface area contributed by atoms with Crippen LogP contribution in [-0.4, -0.2) is 43.4 Å². The molecule has 154 valence electrons. The van der Waals surface area contributed by atoms with Crippen molar-refractivity contribution in [1.82, 2.24) is 15.5 Å². The third-order valence-electron chi connectivity index (χ3n) is 4.24. The Morgan fingerprint density at radius 1 is 1.11 bits per heavy atom. The molecule has 6 heteroatoms. The zero-order chi connectivity index (χ0) is 19.4. The number of nitrogens with zero attached hydrogens (tertiary/aromatic N) is 2. The number of aliphatic imine (C=N–C) groups is 1. The minimum absolute atomic E-state index is 0. The zero-order valence-corrected chi connectivity index (χ0v) is 19.9. The molecule has 0 aromatic heterocycles. The summed E-state index contributed by atoms with van der Waals surface area (Å²) in [7, 11) is 3.52. The van der Waals surface area contributed by atoms with Gasteiger partial charge >= 0.3 is 0 Å². The predicted octanol–water partition coefficient (Wildman–Crippen LogP) is 4.42. The Kier molecular flexibility index (Phi) is 14.0. The van der Waals surface area contributed by atoms with Gasteiger partial charge in [-0.05, 0) is 38.0 Å². The van der Waals surface area contributed by atoms with Gasteiger partial charge in [0.05, 0.1) is 6.54 Å². The zero-order valence-electron chi connectivity index (χ0n) is 17.5. The van der Waals surface area contributed by atoms with Crippen LogP contribution in [0, 0.1) is 0 Å². The molecule has 0 saturated heterocycles. The Balaban J connectivity index is 0.00000676. The minimum Gasteiger partial charge on any atom is -0.357 e. The third kappa shape index (κ3) is 10.6. The lowest BCUT2D eigenvalue weighted by Crippen LogP contribution is -2.42. The molecule has 2 N–H and O–H groups in total. The lowest BCUT2D eigenvalue weighted by atomic mass is 10.1. The number of amides is 1. The highest BCUT2D eigenvalue weighted by atomic mass is 127. The summed E-state index contributed by atoms with van der Waals surface area (Å²) in [5.74, 6) is 0.871. The number of carbonyl (C=O) groups excluding carboxylic acids is 1. The molecule has 1 aromatic carbocycles. The van der Waals surface area contributed by atoms with E-state index in [1.54, 1.807) is 19.0 Å². The molecule has 5 nitrogen and oxygen atoms in total. The number of guanidine groups is 1. The smallest absolute Gasteiger partial charge is 0.253 e. The van der Waals surface area contributed by atoms with Gasteiger partial charge in [0.1, 0.15) is 0 Å². The van der Waals surface area contributed by atoms with Crippen molar-refractivity contribution in [2.75, 3.05) is 20.6 Å². The van der Waals surface area contributed by atoms with Crippen molar-refractivity contribution >= 4 is 35.8 Å². The molecule has 0 radical (unpaired) electrons. The van der Waals surface area contributed by atoms with E-state index in [1.807, 2.05) is 24.3 Å². The Bertz CT molecular complexity index is 558. The Hall–Kier alpha value is -1.31. The van der Waals surface area contributed by atoms with Gasteiger partial charge in [-0.15, -0.1) is 24.0 Å². The molecule has 0 spiro atoms. The molecule has 1 rings (SSSR count). The average molecular weight is 488 g/mol. The number of nitrogens with one attached hydrogen (secondary N) is 2. The summed E-state index contributed by atoms with van der Waals surface area (Å²) in [6.07, 6.45) is 6.29. The van der Waals surface area contributed by atoms with E-state index in [2.05, 4.69) is 36.4 Å². The minimum atomic E-state index is 0. The van der Waals surface area contributed by atoms with Crippen molar-refractivity contribution in [3.05, 3.63) is 35.4 Å². The summed E-state index contributed by atoms with van der Waals surface area (Å²) in [5.41, 5.74) is 1.79. The summed E-state index contributed by atoms with van der Waals surface area (Å²) < 4.78 is 0. The van der Waals surface area contributed by atoms with Crippen LogP contribution in [0.15, 0.2) is 29.3 Å². The number of carbonyl (C=O) groups is 1. The standard InChI is InChI=1S/C21H36N4O.HI/c1-6-8-9-10-11-17(3)24-21(22-7-2)23-16-18-12-14-19(15-13-18)20(26)25(4)5;/h12-15,17H,6-11,16H2,1-5H3,(H2,22,23,24);1H. The molecule has 1 aromatic rings. The van der Waals surface area contributed by atoms with Gasteiger partial charge in [-0.3, -0.25) is 4.79 Å². The van der Waals surface area contributed by atoms with Gasteiger partial charge in [-0.25, -0.2) is 4.99 Å². The monoisotopic (exact) mass is 488 g/mol. The maximum atomic E-state index is 11.9. The van der Waals surface area contributed by atoms with Crippen LogP contribution in [0.3, 0.4) is 0 Å². The highest BCUT2D eigenvalue weighted by Crippen LogP contribution is 2.08. The van der Waals surface area contributed by atoms with Crippen molar-refractivity contribution in [3.8, 4) is 0 Å². The van der Waals surface area contributed by atoms with Gasteiger partial charge < -0.3 is 15.5 Å². The molecule has 0 aliphatic heterocycles. The molecule has 0 aliphatic rings. The quantitative estimate of drug-likeness (QED) is 0.222. The van der Waals surface area contributed by atoms with Gasteiger partial charge in [-0.1, -0.05) is 44.7 Å². The second-order valence-electron chi connectivity index (χ2n) is 6.99. The molecule has 0 fully saturated rings. The number of hydrogen-bond donors (Lipinski definition) is 2. The molecule has 0 saturated carbocycles.